The van der Waals surface area contributed by atoms with Crippen molar-refractivity contribution in [1.29, 1.82) is 0 Å². The Kier molecular flexibility index (Phi) is 5.95. The Bertz CT molecular complexity index is 579. The maximum Gasteiger partial charge on any atom is 0.416 e. The van der Waals surface area contributed by atoms with Gasteiger partial charge in [-0.25, -0.2) is 0 Å². The van der Waals surface area contributed by atoms with Gasteiger partial charge in [-0.1, -0.05) is 20.8 Å². The first kappa shape index (κ1) is 20.3. The fourth-order valence-electron chi connectivity index (χ4n) is 2.50. The number of anilines is 2. The molecule has 0 aromatic heterocycles. The standard InChI is InChI=1S/C18H27F3N2O/c1-11(2)23(12(3)4)15-9-8-13(18(19,20)21)10-14(15)22-16(24)17(5,6)7/h8-12H,1-7H3,(H,22,24). The molecule has 6 heteroatoms. The molecule has 0 aliphatic heterocycles. The normalized spacial score (nSPS) is 12.7. The number of alkyl halides is 3. The Morgan fingerprint density at radius 3 is 1.92 bits per heavy atom. The summed E-state index contributed by atoms with van der Waals surface area (Å²) < 4.78 is 39.2. The van der Waals surface area contributed by atoms with E-state index in [1.165, 1.54) is 6.07 Å². The third kappa shape index (κ3) is 4.89. The van der Waals surface area contributed by atoms with Gasteiger partial charge in [0.05, 0.1) is 16.9 Å². The van der Waals surface area contributed by atoms with Gasteiger partial charge in [0.2, 0.25) is 5.91 Å². The smallest absolute Gasteiger partial charge is 0.365 e. The molecule has 0 saturated heterocycles. The van der Waals surface area contributed by atoms with Gasteiger partial charge >= 0.3 is 6.18 Å². The van der Waals surface area contributed by atoms with Crippen LogP contribution in [0.4, 0.5) is 24.5 Å². The number of carbonyl (C=O) groups is 1. The van der Waals surface area contributed by atoms with Gasteiger partial charge in [0.15, 0.2) is 0 Å². The van der Waals surface area contributed by atoms with E-state index in [2.05, 4.69) is 5.32 Å². The molecule has 1 aromatic carbocycles. The molecular weight excluding hydrogens is 317 g/mol. The zero-order valence-corrected chi connectivity index (χ0v) is 15.4. The van der Waals surface area contributed by atoms with Gasteiger partial charge in [-0.15, -0.1) is 0 Å². The summed E-state index contributed by atoms with van der Waals surface area (Å²) in [4.78, 5) is 14.3. The molecule has 0 heterocycles. The number of halogens is 3. The fraction of sp³-hybridized carbons (Fsp3) is 0.611. The highest BCUT2D eigenvalue weighted by Crippen LogP contribution is 2.37. The Labute approximate surface area is 142 Å². The van der Waals surface area contributed by atoms with Crippen molar-refractivity contribution in [2.45, 2.75) is 66.7 Å². The van der Waals surface area contributed by atoms with E-state index in [9.17, 15) is 18.0 Å². The number of hydrogen-bond acceptors (Lipinski definition) is 2. The highest BCUT2D eigenvalue weighted by Gasteiger charge is 2.33. The van der Waals surface area contributed by atoms with E-state index in [4.69, 9.17) is 0 Å². The number of nitrogens with one attached hydrogen (secondary N) is 1. The van der Waals surface area contributed by atoms with Crippen molar-refractivity contribution in [3.63, 3.8) is 0 Å². The predicted molar refractivity (Wildman–Crippen MR) is 92.3 cm³/mol. The molecule has 1 N–H and O–H groups in total. The molecule has 1 amide bonds. The van der Waals surface area contributed by atoms with Crippen LogP contribution in [0.3, 0.4) is 0 Å². The number of carbonyl (C=O) groups excluding carboxylic acids is 1. The van der Waals surface area contributed by atoms with Crippen LogP contribution in [-0.2, 0) is 11.0 Å². The topological polar surface area (TPSA) is 32.3 Å². The van der Waals surface area contributed by atoms with Crippen LogP contribution in [0.25, 0.3) is 0 Å². The quantitative estimate of drug-likeness (QED) is 0.802. The van der Waals surface area contributed by atoms with Gasteiger partial charge in [-0.05, 0) is 45.9 Å². The maximum atomic E-state index is 13.1. The van der Waals surface area contributed by atoms with Crippen LogP contribution >= 0.6 is 0 Å². The minimum Gasteiger partial charge on any atom is -0.365 e. The molecule has 1 rings (SSSR count). The Balaban J connectivity index is 3.45. The third-order valence-electron chi connectivity index (χ3n) is 3.64. The van der Waals surface area contributed by atoms with Crippen molar-refractivity contribution in [2.75, 3.05) is 10.2 Å². The van der Waals surface area contributed by atoms with E-state index < -0.39 is 17.2 Å². The highest BCUT2D eigenvalue weighted by molar-refractivity contribution is 5.97. The molecule has 0 atom stereocenters. The molecule has 0 aliphatic rings. The summed E-state index contributed by atoms with van der Waals surface area (Å²) in [5.41, 5.74) is -0.702. The van der Waals surface area contributed by atoms with E-state index in [0.29, 0.717) is 5.69 Å². The predicted octanol–water partition coefficient (Wildman–Crippen LogP) is 5.31. The molecule has 136 valence electrons. The molecule has 3 nitrogen and oxygen atoms in total. The van der Waals surface area contributed by atoms with E-state index in [0.717, 1.165) is 12.1 Å². The Morgan fingerprint density at radius 1 is 1.04 bits per heavy atom. The Hall–Kier alpha value is -1.72. The van der Waals surface area contributed by atoms with Gasteiger partial charge in [0.1, 0.15) is 0 Å². The molecular formula is C18H27F3N2O. The largest absolute Gasteiger partial charge is 0.416 e. The molecule has 0 spiro atoms. The lowest BCUT2D eigenvalue weighted by Crippen LogP contribution is -2.38. The lowest BCUT2D eigenvalue weighted by atomic mass is 9.95. The molecule has 0 radical (unpaired) electrons. The molecule has 0 unspecified atom stereocenters. The second-order valence-electron chi connectivity index (χ2n) is 7.53. The van der Waals surface area contributed by atoms with Gasteiger partial charge in [-0.3, -0.25) is 4.79 Å². The second-order valence-corrected chi connectivity index (χ2v) is 7.53. The second kappa shape index (κ2) is 7.03. The summed E-state index contributed by atoms with van der Waals surface area (Å²) in [7, 11) is 0. The van der Waals surface area contributed by atoms with Crippen molar-refractivity contribution in [1.82, 2.24) is 0 Å². The summed E-state index contributed by atoms with van der Waals surface area (Å²) in [5, 5.41) is 2.67. The van der Waals surface area contributed by atoms with Crippen molar-refractivity contribution in [3.8, 4) is 0 Å². The van der Waals surface area contributed by atoms with E-state index in [1.807, 2.05) is 32.6 Å². The monoisotopic (exact) mass is 344 g/mol. The molecule has 0 bridgehead atoms. The van der Waals surface area contributed by atoms with Crippen molar-refractivity contribution < 1.29 is 18.0 Å². The van der Waals surface area contributed by atoms with Crippen molar-refractivity contribution in [2.24, 2.45) is 5.41 Å². The maximum absolute atomic E-state index is 13.1. The van der Waals surface area contributed by atoms with E-state index >= 15 is 0 Å². The number of rotatable bonds is 4. The van der Waals surface area contributed by atoms with Crippen LogP contribution in [0.2, 0.25) is 0 Å². The summed E-state index contributed by atoms with van der Waals surface area (Å²) in [6, 6.07) is 3.65. The van der Waals surface area contributed by atoms with Crippen molar-refractivity contribution >= 4 is 17.3 Å². The number of hydrogen-bond donors (Lipinski definition) is 1. The zero-order valence-electron chi connectivity index (χ0n) is 15.4. The zero-order chi connectivity index (χ0) is 18.9. The minimum atomic E-state index is -4.46. The Morgan fingerprint density at radius 2 is 1.54 bits per heavy atom. The first-order valence-corrected chi connectivity index (χ1v) is 8.06. The van der Waals surface area contributed by atoms with Gasteiger partial charge in [0.25, 0.3) is 0 Å². The van der Waals surface area contributed by atoms with E-state index in [-0.39, 0.29) is 23.7 Å². The van der Waals surface area contributed by atoms with Crippen LogP contribution in [0.1, 0.15) is 54.0 Å². The van der Waals surface area contributed by atoms with Gasteiger partial charge in [0, 0.05) is 17.5 Å². The number of amides is 1. The van der Waals surface area contributed by atoms with Crippen molar-refractivity contribution in [3.05, 3.63) is 23.8 Å². The minimum absolute atomic E-state index is 0.0759. The first-order valence-electron chi connectivity index (χ1n) is 8.06. The lowest BCUT2D eigenvalue weighted by molar-refractivity contribution is -0.137. The number of benzene rings is 1. The van der Waals surface area contributed by atoms with Crippen LogP contribution in [0, 0.1) is 5.41 Å². The number of nitrogens with zero attached hydrogens (tertiary/aromatic N) is 1. The van der Waals surface area contributed by atoms with Gasteiger partial charge in [-0.2, -0.15) is 13.2 Å². The summed E-state index contributed by atoms with van der Waals surface area (Å²) in [6.07, 6.45) is -4.46. The molecule has 0 fully saturated rings. The first-order chi connectivity index (χ1) is 10.7. The SMILES string of the molecule is CC(C)N(c1ccc(C(F)(F)F)cc1NC(=O)C(C)(C)C)C(C)C. The average Bonchev–Trinajstić information content (AvgIpc) is 2.37. The van der Waals surface area contributed by atoms with E-state index in [1.54, 1.807) is 20.8 Å². The van der Waals surface area contributed by atoms with Gasteiger partial charge < -0.3 is 10.2 Å². The van der Waals surface area contributed by atoms with Crippen LogP contribution in [0.5, 0.6) is 0 Å². The van der Waals surface area contributed by atoms with Crippen LogP contribution < -0.4 is 10.2 Å². The molecule has 24 heavy (non-hydrogen) atoms. The van der Waals surface area contributed by atoms with Crippen LogP contribution in [-0.4, -0.2) is 18.0 Å². The average molecular weight is 344 g/mol. The summed E-state index contributed by atoms with van der Waals surface area (Å²) in [6.45, 7) is 13.0. The molecule has 1 aromatic rings. The molecule has 0 aliphatic carbocycles. The third-order valence-corrected chi connectivity index (χ3v) is 3.64. The summed E-state index contributed by atoms with van der Waals surface area (Å²) >= 11 is 0. The highest BCUT2D eigenvalue weighted by atomic mass is 19.4. The summed E-state index contributed by atoms with van der Waals surface area (Å²) in [5.74, 6) is -0.324. The molecule has 0 saturated carbocycles. The van der Waals surface area contributed by atoms with Crippen LogP contribution in [0.15, 0.2) is 18.2 Å². The lowest BCUT2D eigenvalue weighted by Gasteiger charge is -2.35. The fourth-order valence-corrected chi connectivity index (χ4v) is 2.50.